The lowest BCUT2D eigenvalue weighted by molar-refractivity contribution is -0.207. The molecule has 0 bridgehead atoms. The SMILES string of the molecule is COC(=S)[C@@]12OC(C)(C)O[C@@H]1C[C@H]1[C@@H]3C[C@H](F)C4=CC(=O)C=C[C@]4(C)[C@@]3(Br)C(O)C[C@@]12C. The van der Waals surface area contributed by atoms with Crippen LogP contribution in [0.3, 0.4) is 0 Å². The second kappa shape index (κ2) is 6.72. The monoisotopic (exact) mass is 528 g/mol. The van der Waals surface area contributed by atoms with Crippen molar-refractivity contribution in [3.8, 4) is 0 Å². The third kappa shape index (κ3) is 2.48. The molecule has 0 spiro atoms. The predicted molar refractivity (Wildman–Crippen MR) is 124 cm³/mol. The number of carbonyl (C=O) groups excluding carboxylic acids is 1. The van der Waals surface area contributed by atoms with Gasteiger partial charge in [0.05, 0.1) is 23.6 Å². The molecular weight excluding hydrogens is 499 g/mol. The van der Waals surface area contributed by atoms with Crippen molar-refractivity contribution in [2.24, 2.45) is 22.7 Å². The summed E-state index contributed by atoms with van der Waals surface area (Å²) in [6.07, 6.45) is 3.40. The van der Waals surface area contributed by atoms with Gasteiger partial charge in [-0.25, -0.2) is 4.39 Å². The van der Waals surface area contributed by atoms with Gasteiger partial charge in [0.15, 0.2) is 22.2 Å². The van der Waals surface area contributed by atoms with Gasteiger partial charge in [-0.15, -0.1) is 0 Å². The van der Waals surface area contributed by atoms with Crippen LogP contribution in [0.1, 0.15) is 47.0 Å². The number of hydrogen-bond donors (Lipinski definition) is 1. The van der Waals surface area contributed by atoms with Gasteiger partial charge in [-0.1, -0.05) is 35.9 Å². The Kier molecular flexibility index (Phi) is 4.85. The van der Waals surface area contributed by atoms with Crippen molar-refractivity contribution in [3.63, 3.8) is 0 Å². The Hall–Kier alpha value is -0.670. The number of fused-ring (bicyclic) bond motifs is 7. The van der Waals surface area contributed by atoms with Crippen LogP contribution >= 0.6 is 28.1 Å². The number of rotatable bonds is 1. The normalized spacial score (nSPS) is 53.1. The molecule has 32 heavy (non-hydrogen) atoms. The molecule has 5 aliphatic rings. The van der Waals surface area contributed by atoms with Crippen molar-refractivity contribution < 1.29 is 28.5 Å². The van der Waals surface area contributed by atoms with Crippen molar-refractivity contribution in [2.75, 3.05) is 7.11 Å². The molecule has 4 aliphatic carbocycles. The third-order valence-corrected chi connectivity index (χ3v) is 11.5. The van der Waals surface area contributed by atoms with Gasteiger partial charge in [-0.2, -0.15) is 0 Å². The maximum Gasteiger partial charge on any atom is 0.195 e. The molecule has 0 radical (unpaired) electrons. The van der Waals surface area contributed by atoms with E-state index < -0.39 is 38.8 Å². The maximum atomic E-state index is 15.7. The molecule has 3 saturated carbocycles. The van der Waals surface area contributed by atoms with Crippen LogP contribution in [-0.2, 0) is 19.0 Å². The van der Waals surface area contributed by atoms with Crippen LogP contribution in [0.25, 0.3) is 0 Å². The Morgan fingerprint density at radius 3 is 2.62 bits per heavy atom. The van der Waals surface area contributed by atoms with E-state index in [9.17, 15) is 9.90 Å². The number of hydrogen-bond acceptors (Lipinski definition) is 6. The molecule has 9 atom stereocenters. The summed E-state index contributed by atoms with van der Waals surface area (Å²) in [7, 11) is 1.54. The number of aliphatic hydroxyl groups is 1. The number of allylic oxidation sites excluding steroid dienone is 4. The van der Waals surface area contributed by atoms with Crippen molar-refractivity contribution in [3.05, 3.63) is 23.8 Å². The lowest BCUT2D eigenvalue weighted by Crippen LogP contribution is -2.70. The molecule has 0 aromatic carbocycles. The van der Waals surface area contributed by atoms with Gasteiger partial charge in [0, 0.05) is 10.8 Å². The van der Waals surface area contributed by atoms with E-state index in [4.69, 9.17) is 26.4 Å². The zero-order valence-electron chi connectivity index (χ0n) is 19.0. The fourth-order valence-corrected chi connectivity index (χ4v) is 9.24. The lowest BCUT2D eigenvalue weighted by atomic mass is 9.46. The van der Waals surface area contributed by atoms with Crippen LogP contribution in [0, 0.1) is 22.7 Å². The first kappa shape index (κ1) is 23.1. The molecule has 1 unspecified atom stereocenters. The quantitative estimate of drug-likeness (QED) is 0.406. The number of carbonyl (C=O) groups is 1. The Balaban J connectivity index is 1.66. The summed E-state index contributed by atoms with van der Waals surface area (Å²) in [6.45, 7) is 7.71. The smallest absolute Gasteiger partial charge is 0.195 e. The van der Waals surface area contributed by atoms with Crippen LogP contribution < -0.4 is 0 Å². The molecule has 0 aromatic heterocycles. The first-order valence-corrected chi connectivity index (χ1v) is 12.4. The summed E-state index contributed by atoms with van der Waals surface area (Å²) in [4.78, 5) is 12.1. The van der Waals surface area contributed by atoms with E-state index in [1.807, 2.05) is 20.8 Å². The van der Waals surface area contributed by atoms with Crippen LogP contribution in [0.15, 0.2) is 23.8 Å². The third-order valence-electron chi connectivity index (χ3n) is 9.11. The molecular formula is C24H30BrFO5S. The van der Waals surface area contributed by atoms with E-state index in [1.165, 1.54) is 19.3 Å². The summed E-state index contributed by atoms with van der Waals surface area (Å²) < 4.78 is 33.3. The highest BCUT2D eigenvalue weighted by atomic mass is 79.9. The molecule has 1 N–H and O–H groups in total. The van der Waals surface area contributed by atoms with E-state index in [-0.39, 0.29) is 30.1 Å². The van der Waals surface area contributed by atoms with E-state index in [1.54, 1.807) is 6.08 Å². The molecule has 1 saturated heterocycles. The van der Waals surface area contributed by atoms with Gasteiger partial charge >= 0.3 is 0 Å². The largest absolute Gasteiger partial charge is 0.487 e. The zero-order chi connectivity index (χ0) is 23.5. The van der Waals surface area contributed by atoms with Gasteiger partial charge in [-0.3, -0.25) is 4.79 Å². The Bertz CT molecular complexity index is 966. The van der Waals surface area contributed by atoms with Crippen LogP contribution in [0.4, 0.5) is 4.39 Å². The zero-order valence-corrected chi connectivity index (χ0v) is 21.4. The van der Waals surface area contributed by atoms with Crippen molar-refractivity contribution >= 4 is 39.0 Å². The fourth-order valence-electron chi connectivity index (χ4n) is 7.80. The summed E-state index contributed by atoms with van der Waals surface area (Å²) >= 11 is 9.65. The number of ether oxygens (including phenoxy) is 3. The number of aliphatic hydroxyl groups excluding tert-OH is 1. The second-order valence-corrected chi connectivity index (χ2v) is 12.6. The Morgan fingerprint density at radius 2 is 1.97 bits per heavy atom. The van der Waals surface area contributed by atoms with Crippen LogP contribution in [0.5, 0.6) is 0 Å². The molecule has 0 amide bonds. The van der Waals surface area contributed by atoms with Crippen molar-refractivity contribution in [1.82, 2.24) is 0 Å². The standard InChI is InChI=1S/C24H30BrFO5S/c1-20(2)30-18-10-13-14-9-16(26)15-8-12(27)6-7-21(15,3)23(14,25)17(28)11-22(13,4)24(18,31-20)19(32)29-5/h6-8,13-14,16-18,28H,9-11H2,1-5H3/t13-,14-,16-,17?,18+,21-,22-,23-,24-/m0/s1. The summed E-state index contributed by atoms with van der Waals surface area (Å²) in [6, 6.07) is 0. The minimum absolute atomic E-state index is 0.0397. The van der Waals surface area contributed by atoms with Gasteiger partial charge in [-0.05, 0) is 74.9 Å². The molecule has 0 aromatic rings. The summed E-state index contributed by atoms with van der Waals surface area (Å²) in [5.41, 5.74) is -2.03. The maximum absolute atomic E-state index is 15.7. The molecule has 1 heterocycles. The highest BCUT2D eigenvalue weighted by Crippen LogP contribution is 2.73. The number of halogens is 2. The van der Waals surface area contributed by atoms with E-state index in [0.717, 1.165) is 0 Å². The number of thiocarbonyl (C=S) groups is 1. The number of alkyl halides is 2. The van der Waals surface area contributed by atoms with Gasteiger partial charge in [0.25, 0.3) is 0 Å². The average Bonchev–Trinajstić information content (AvgIpc) is 3.11. The fraction of sp³-hybridized carbons (Fsp3) is 0.750. The van der Waals surface area contributed by atoms with Crippen molar-refractivity contribution in [2.45, 2.75) is 81.0 Å². The molecule has 4 fully saturated rings. The average molecular weight is 529 g/mol. The van der Waals surface area contributed by atoms with E-state index in [2.05, 4.69) is 22.9 Å². The predicted octanol–water partition coefficient (Wildman–Crippen LogP) is 4.20. The first-order valence-electron chi connectivity index (χ1n) is 11.2. The Labute approximate surface area is 201 Å². The summed E-state index contributed by atoms with van der Waals surface area (Å²) in [5.74, 6) is -1.34. The van der Waals surface area contributed by atoms with Gasteiger partial charge in [0.1, 0.15) is 6.17 Å². The molecule has 1 aliphatic heterocycles. The second-order valence-electron chi connectivity index (χ2n) is 10.9. The lowest BCUT2D eigenvalue weighted by Gasteiger charge is -2.64. The van der Waals surface area contributed by atoms with E-state index in [0.29, 0.717) is 23.5 Å². The first-order chi connectivity index (χ1) is 14.8. The van der Waals surface area contributed by atoms with Gasteiger partial charge in [0.2, 0.25) is 0 Å². The highest BCUT2D eigenvalue weighted by molar-refractivity contribution is 9.10. The molecule has 5 rings (SSSR count). The molecule has 176 valence electrons. The number of methoxy groups -OCH3 is 1. The Morgan fingerprint density at radius 1 is 1.28 bits per heavy atom. The minimum atomic E-state index is -1.27. The highest BCUT2D eigenvalue weighted by Gasteiger charge is 2.79. The van der Waals surface area contributed by atoms with Crippen LogP contribution in [-0.4, -0.2) is 57.1 Å². The minimum Gasteiger partial charge on any atom is -0.487 e. The van der Waals surface area contributed by atoms with Crippen molar-refractivity contribution in [1.29, 1.82) is 0 Å². The van der Waals surface area contributed by atoms with Gasteiger partial charge < -0.3 is 19.3 Å². The van der Waals surface area contributed by atoms with Crippen LogP contribution in [0.2, 0.25) is 0 Å². The molecule has 8 heteroatoms. The topological polar surface area (TPSA) is 65.0 Å². The van der Waals surface area contributed by atoms with E-state index >= 15 is 4.39 Å². The number of ketones is 1. The molecule has 5 nitrogen and oxygen atoms in total. The summed E-state index contributed by atoms with van der Waals surface area (Å²) in [5, 5.41) is 12.1.